The van der Waals surface area contributed by atoms with Gasteiger partial charge in [-0.2, -0.15) is 0 Å². The highest BCUT2D eigenvalue weighted by atomic mass is 79.9. The van der Waals surface area contributed by atoms with E-state index in [1.54, 1.807) is 6.07 Å². The zero-order valence-electron chi connectivity index (χ0n) is 10.2. The number of nitrogens with zero attached hydrogens (tertiary/aromatic N) is 1. The number of carbonyl (C=O) groups is 1. The van der Waals surface area contributed by atoms with Gasteiger partial charge in [-0.3, -0.25) is 4.79 Å². The Bertz CT molecular complexity index is 395. The number of amides is 1. The topological polar surface area (TPSA) is 20.3 Å². The lowest BCUT2D eigenvalue weighted by molar-refractivity contribution is 0.0765. The summed E-state index contributed by atoms with van der Waals surface area (Å²) in [4.78, 5) is 14.1. The van der Waals surface area contributed by atoms with Crippen LogP contribution in [0.2, 0.25) is 5.02 Å². The van der Waals surface area contributed by atoms with Crippen molar-refractivity contribution in [2.45, 2.75) is 20.3 Å². The molecule has 1 rings (SSSR count). The lowest BCUT2D eigenvalue weighted by Gasteiger charge is -2.21. The number of carbonyl (C=O) groups excluding carboxylic acids is 1. The molecule has 0 aliphatic carbocycles. The van der Waals surface area contributed by atoms with Gasteiger partial charge in [0.1, 0.15) is 0 Å². The molecule has 0 aliphatic heterocycles. The molecule has 0 N–H and O–H groups in total. The van der Waals surface area contributed by atoms with Gasteiger partial charge in [-0.1, -0.05) is 33.6 Å². The number of alkyl halides is 1. The second kappa shape index (κ2) is 7.02. The molecule has 2 nitrogen and oxygen atoms in total. The average Bonchev–Trinajstić information content (AvgIpc) is 2.29. The molecule has 17 heavy (non-hydrogen) atoms. The van der Waals surface area contributed by atoms with Crippen molar-refractivity contribution in [3.63, 3.8) is 0 Å². The molecule has 0 fully saturated rings. The number of rotatable bonds is 5. The van der Waals surface area contributed by atoms with Gasteiger partial charge >= 0.3 is 0 Å². The van der Waals surface area contributed by atoms with Crippen LogP contribution in [0.5, 0.6) is 0 Å². The summed E-state index contributed by atoms with van der Waals surface area (Å²) in [6.45, 7) is 5.40. The van der Waals surface area contributed by atoms with Gasteiger partial charge in [0.15, 0.2) is 0 Å². The molecule has 94 valence electrons. The number of benzene rings is 1. The summed E-state index contributed by atoms with van der Waals surface area (Å²) in [7, 11) is 0. The lowest BCUT2D eigenvalue weighted by Crippen LogP contribution is -2.32. The van der Waals surface area contributed by atoms with Crippen LogP contribution in [-0.2, 0) is 0 Å². The summed E-state index contributed by atoms with van der Waals surface area (Å²) in [5.74, 6) is 0.0125. The van der Waals surface area contributed by atoms with Crippen LogP contribution in [0.3, 0.4) is 0 Å². The van der Waals surface area contributed by atoms with Crippen molar-refractivity contribution in [1.82, 2.24) is 4.90 Å². The van der Waals surface area contributed by atoms with Gasteiger partial charge in [0.2, 0.25) is 0 Å². The van der Waals surface area contributed by atoms with Crippen molar-refractivity contribution in [2.24, 2.45) is 0 Å². The fourth-order valence-corrected chi connectivity index (χ4v) is 2.18. The summed E-state index contributed by atoms with van der Waals surface area (Å²) >= 11 is 9.48. The molecule has 1 amide bonds. The molecule has 0 heterocycles. The third-order valence-corrected chi connectivity index (χ3v) is 3.46. The molecule has 0 saturated heterocycles. The molecule has 1 aromatic carbocycles. The van der Waals surface area contributed by atoms with Gasteiger partial charge in [0.05, 0.1) is 10.6 Å². The first-order valence-electron chi connectivity index (χ1n) is 5.71. The predicted molar refractivity (Wildman–Crippen MR) is 76.2 cm³/mol. The molecular weight excluding hydrogens is 302 g/mol. The Balaban J connectivity index is 2.86. The first kappa shape index (κ1) is 14.5. The van der Waals surface area contributed by atoms with E-state index in [9.17, 15) is 4.79 Å². The van der Waals surface area contributed by atoms with E-state index >= 15 is 0 Å². The highest BCUT2D eigenvalue weighted by molar-refractivity contribution is 9.09. The van der Waals surface area contributed by atoms with Gasteiger partial charge in [-0.25, -0.2) is 0 Å². The zero-order chi connectivity index (χ0) is 12.8. The van der Waals surface area contributed by atoms with Crippen molar-refractivity contribution in [3.05, 3.63) is 34.3 Å². The summed E-state index contributed by atoms with van der Waals surface area (Å²) in [6.07, 6.45) is 0.947. The average molecular weight is 319 g/mol. The summed E-state index contributed by atoms with van der Waals surface area (Å²) < 4.78 is 0. The summed E-state index contributed by atoms with van der Waals surface area (Å²) in [5.41, 5.74) is 1.66. The van der Waals surface area contributed by atoms with Crippen LogP contribution in [0.25, 0.3) is 0 Å². The highest BCUT2D eigenvalue weighted by Crippen LogP contribution is 2.19. The normalized spacial score (nSPS) is 10.4. The van der Waals surface area contributed by atoms with Crippen LogP contribution < -0.4 is 0 Å². The first-order valence-corrected chi connectivity index (χ1v) is 7.21. The molecule has 0 aromatic heterocycles. The second-order valence-corrected chi connectivity index (χ2v) is 5.11. The Hall–Kier alpha value is -0.540. The Kier molecular flexibility index (Phi) is 6.00. The molecule has 0 unspecified atom stereocenters. The van der Waals surface area contributed by atoms with Crippen molar-refractivity contribution >= 4 is 33.4 Å². The van der Waals surface area contributed by atoms with Crippen molar-refractivity contribution in [1.29, 1.82) is 0 Å². The Morgan fingerprint density at radius 3 is 2.71 bits per heavy atom. The third-order valence-electron chi connectivity index (χ3n) is 2.59. The zero-order valence-corrected chi connectivity index (χ0v) is 12.5. The van der Waals surface area contributed by atoms with Gasteiger partial charge in [0.25, 0.3) is 5.91 Å². The fourth-order valence-electron chi connectivity index (χ4n) is 1.62. The van der Waals surface area contributed by atoms with Crippen molar-refractivity contribution in [2.75, 3.05) is 18.4 Å². The molecule has 0 saturated carbocycles. The van der Waals surface area contributed by atoms with E-state index in [1.165, 1.54) is 0 Å². The minimum Gasteiger partial charge on any atom is -0.339 e. The summed E-state index contributed by atoms with van der Waals surface area (Å²) in [6, 6.07) is 5.54. The Morgan fingerprint density at radius 1 is 1.47 bits per heavy atom. The molecule has 0 atom stereocenters. The number of halogens is 2. The van der Waals surface area contributed by atoms with E-state index in [4.69, 9.17) is 11.6 Å². The largest absolute Gasteiger partial charge is 0.339 e. The maximum atomic E-state index is 12.2. The maximum absolute atomic E-state index is 12.2. The van der Waals surface area contributed by atoms with Gasteiger partial charge < -0.3 is 4.90 Å². The van der Waals surface area contributed by atoms with Crippen LogP contribution in [0.4, 0.5) is 0 Å². The Labute approximate surface area is 116 Å². The van der Waals surface area contributed by atoms with E-state index < -0.39 is 0 Å². The molecular formula is C13H17BrClNO. The Morgan fingerprint density at radius 2 is 2.18 bits per heavy atom. The SMILES string of the molecule is CCN(CCCBr)C(=O)c1ccc(C)cc1Cl. The predicted octanol–water partition coefficient (Wildman–Crippen LogP) is 3.90. The van der Waals surface area contributed by atoms with Crippen LogP contribution in [0.1, 0.15) is 29.3 Å². The minimum absolute atomic E-state index is 0.0125. The maximum Gasteiger partial charge on any atom is 0.255 e. The molecule has 0 bridgehead atoms. The van der Waals surface area contributed by atoms with E-state index in [0.717, 1.165) is 23.9 Å². The fraction of sp³-hybridized carbons (Fsp3) is 0.462. The van der Waals surface area contributed by atoms with Gasteiger partial charge in [0, 0.05) is 18.4 Å². The minimum atomic E-state index is 0.0125. The molecule has 1 aromatic rings. The summed E-state index contributed by atoms with van der Waals surface area (Å²) in [5, 5.41) is 1.44. The smallest absolute Gasteiger partial charge is 0.255 e. The highest BCUT2D eigenvalue weighted by Gasteiger charge is 2.16. The van der Waals surface area contributed by atoms with Crippen molar-refractivity contribution in [3.8, 4) is 0 Å². The number of aryl methyl sites for hydroxylation is 1. The second-order valence-electron chi connectivity index (χ2n) is 3.91. The molecule has 0 radical (unpaired) electrons. The quantitative estimate of drug-likeness (QED) is 0.754. The van der Waals surface area contributed by atoms with Crippen LogP contribution >= 0.6 is 27.5 Å². The first-order chi connectivity index (χ1) is 8.10. The van der Waals surface area contributed by atoms with Crippen molar-refractivity contribution < 1.29 is 4.79 Å². The standard InChI is InChI=1S/C13H17BrClNO/c1-3-16(8-4-7-14)13(17)11-6-5-10(2)9-12(11)15/h5-6,9H,3-4,7-8H2,1-2H3. The molecule has 4 heteroatoms. The van der Waals surface area contributed by atoms with E-state index in [1.807, 2.05) is 30.9 Å². The monoisotopic (exact) mass is 317 g/mol. The third kappa shape index (κ3) is 4.00. The van der Waals surface area contributed by atoms with Crippen LogP contribution in [-0.4, -0.2) is 29.2 Å². The van der Waals surface area contributed by atoms with Gasteiger partial charge in [-0.15, -0.1) is 0 Å². The van der Waals surface area contributed by atoms with Gasteiger partial charge in [-0.05, 0) is 38.0 Å². The molecule has 0 aliphatic rings. The number of hydrogen-bond donors (Lipinski definition) is 0. The van der Waals surface area contributed by atoms with E-state index in [2.05, 4.69) is 15.9 Å². The number of hydrogen-bond acceptors (Lipinski definition) is 1. The van der Waals surface area contributed by atoms with E-state index in [-0.39, 0.29) is 5.91 Å². The van der Waals surface area contributed by atoms with E-state index in [0.29, 0.717) is 17.1 Å². The molecule has 0 spiro atoms. The van der Waals surface area contributed by atoms with Crippen LogP contribution in [0, 0.1) is 6.92 Å². The lowest BCUT2D eigenvalue weighted by atomic mass is 10.1. The van der Waals surface area contributed by atoms with Crippen LogP contribution in [0.15, 0.2) is 18.2 Å².